The van der Waals surface area contributed by atoms with Gasteiger partial charge in [0.2, 0.25) is 15.9 Å². The maximum absolute atomic E-state index is 14.1. The number of carbonyl (C=O) groups excluding carboxylic acids is 1. The number of aryl methyl sites for hydroxylation is 1. The molecule has 2 saturated heterocycles. The summed E-state index contributed by atoms with van der Waals surface area (Å²) in [5.41, 5.74) is 1.71. The molecule has 3 heterocycles. The van der Waals surface area contributed by atoms with E-state index in [0.717, 1.165) is 42.0 Å². The van der Waals surface area contributed by atoms with Crippen molar-refractivity contribution >= 4 is 42.6 Å². The lowest BCUT2D eigenvalue weighted by Crippen LogP contribution is -2.48. The van der Waals surface area contributed by atoms with E-state index in [-0.39, 0.29) is 17.3 Å². The standard InChI is InChI=1S/C27H33FN4O5S2/c1-19-6-11-23(36-2)24-25(19)38-27(29-24)31(13-4-12-30-15-17-37-18-16-30)26(33)22-5-3-14-32(22)39(34,35)21-9-7-20(28)8-10-21/h6-11,22H,3-5,12-18H2,1-2H3. The number of benzene rings is 2. The number of fused-ring (bicyclic) bond motifs is 1. The number of halogens is 1. The lowest BCUT2D eigenvalue weighted by atomic mass is 10.2. The number of anilines is 1. The Labute approximate surface area is 232 Å². The molecule has 2 aromatic carbocycles. The van der Waals surface area contributed by atoms with Gasteiger partial charge in [-0.3, -0.25) is 14.6 Å². The molecule has 0 spiro atoms. The molecule has 1 aromatic heterocycles. The number of aromatic nitrogens is 1. The Balaban J connectivity index is 1.45. The van der Waals surface area contributed by atoms with E-state index >= 15 is 0 Å². The summed E-state index contributed by atoms with van der Waals surface area (Å²) in [7, 11) is -2.40. The van der Waals surface area contributed by atoms with E-state index in [4.69, 9.17) is 14.5 Å². The third-order valence-electron chi connectivity index (χ3n) is 7.28. The van der Waals surface area contributed by atoms with Crippen molar-refractivity contribution in [3.05, 3.63) is 47.8 Å². The molecule has 210 valence electrons. The zero-order chi connectivity index (χ0) is 27.6. The number of sulfonamides is 1. The summed E-state index contributed by atoms with van der Waals surface area (Å²) in [6, 6.07) is 7.68. The number of hydrogen-bond acceptors (Lipinski definition) is 8. The second kappa shape index (κ2) is 11.8. The first-order chi connectivity index (χ1) is 18.8. The van der Waals surface area contributed by atoms with E-state index in [1.165, 1.54) is 27.8 Å². The van der Waals surface area contributed by atoms with Crippen LogP contribution in [0.3, 0.4) is 0 Å². The molecule has 0 saturated carbocycles. The van der Waals surface area contributed by atoms with Crippen LogP contribution in [0.4, 0.5) is 9.52 Å². The monoisotopic (exact) mass is 576 g/mol. The van der Waals surface area contributed by atoms with E-state index in [1.54, 1.807) is 12.0 Å². The van der Waals surface area contributed by atoms with Crippen LogP contribution in [0.1, 0.15) is 24.8 Å². The van der Waals surface area contributed by atoms with Gasteiger partial charge in [-0.1, -0.05) is 17.4 Å². The average molecular weight is 577 g/mol. The van der Waals surface area contributed by atoms with Crippen molar-refractivity contribution in [2.24, 2.45) is 0 Å². The first kappa shape index (κ1) is 27.9. The number of morpholine rings is 1. The smallest absolute Gasteiger partial charge is 0.247 e. The highest BCUT2D eigenvalue weighted by Crippen LogP contribution is 2.38. The highest BCUT2D eigenvalue weighted by atomic mass is 32.2. The number of amides is 1. The van der Waals surface area contributed by atoms with E-state index in [9.17, 15) is 17.6 Å². The highest BCUT2D eigenvalue weighted by Gasteiger charge is 2.42. The molecule has 2 aliphatic rings. The SMILES string of the molecule is COc1ccc(C)c2sc(N(CCCN3CCOCC3)C(=O)C3CCCN3S(=O)(=O)c3ccc(F)cc3)nc12. The van der Waals surface area contributed by atoms with Crippen molar-refractivity contribution in [1.82, 2.24) is 14.2 Å². The first-order valence-corrected chi connectivity index (χ1v) is 15.4. The lowest BCUT2D eigenvalue weighted by molar-refractivity contribution is -0.121. The van der Waals surface area contributed by atoms with Crippen LogP contribution in [0.15, 0.2) is 41.3 Å². The van der Waals surface area contributed by atoms with Crippen molar-refractivity contribution in [3.8, 4) is 5.75 Å². The summed E-state index contributed by atoms with van der Waals surface area (Å²) < 4.78 is 53.6. The van der Waals surface area contributed by atoms with Gasteiger partial charge in [0.05, 0.1) is 29.9 Å². The number of methoxy groups -OCH3 is 1. The molecule has 0 bridgehead atoms. The molecular formula is C27H33FN4O5S2. The maximum Gasteiger partial charge on any atom is 0.247 e. The molecule has 9 nitrogen and oxygen atoms in total. The van der Waals surface area contributed by atoms with Gasteiger partial charge in [-0.15, -0.1) is 0 Å². The lowest BCUT2D eigenvalue weighted by Gasteiger charge is -2.30. The summed E-state index contributed by atoms with van der Waals surface area (Å²) in [4.78, 5) is 22.9. The van der Waals surface area contributed by atoms with Crippen LogP contribution in [0.25, 0.3) is 10.2 Å². The van der Waals surface area contributed by atoms with Crippen LogP contribution in [0.5, 0.6) is 5.75 Å². The first-order valence-electron chi connectivity index (χ1n) is 13.1. The number of rotatable bonds is 9. The Morgan fingerprint density at radius 2 is 1.92 bits per heavy atom. The molecule has 5 rings (SSSR count). The average Bonchev–Trinajstić information content (AvgIpc) is 3.61. The summed E-state index contributed by atoms with van der Waals surface area (Å²) in [5, 5.41) is 0.524. The van der Waals surface area contributed by atoms with Gasteiger partial charge in [-0.25, -0.2) is 17.8 Å². The second-order valence-corrected chi connectivity index (χ2v) is 12.7. The third kappa shape index (κ3) is 5.80. The minimum Gasteiger partial charge on any atom is -0.494 e. The van der Waals surface area contributed by atoms with E-state index < -0.39 is 21.9 Å². The van der Waals surface area contributed by atoms with Crippen molar-refractivity contribution in [2.45, 2.75) is 37.1 Å². The van der Waals surface area contributed by atoms with Gasteiger partial charge in [0.25, 0.3) is 0 Å². The zero-order valence-electron chi connectivity index (χ0n) is 22.1. The molecule has 0 N–H and O–H groups in total. The number of thiazole rings is 1. The van der Waals surface area contributed by atoms with Gasteiger partial charge in [0, 0.05) is 32.7 Å². The van der Waals surface area contributed by atoms with Crippen LogP contribution >= 0.6 is 11.3 Å². The fourth-order valence-electron chi connectivity index (χ4n) is 5.15. The van der Waals surface area contributed by atoms with Gasteiger partial charge in [0.15, 0.2) is 5.13 Å². The molecule has 1 atom stereocenters. The Morgan fingerprint density at radius 3 is 2.64 bits per heavy atom. The number of ether oxygens (including phenoxy) is 2. The van der Waals surface area contributed by atoms with Crippen molar-refractivity contribution in [2.75, 3.05) is 57.9 Å². The molecule has 3 aromatic rings. The Bertz CT molecular complexity index is 1420. The Morgan fingerprint density at radius 1 is 1.18 bits per heavy atom. The largest absolute Gasteiger partial charge is 0.494 e. The molecule has 0 aliphatic carbocycles. The van der Waals surface area contributed by atoms with Gasteiger partial charge in [-0.05, 0) is 62.1 Å². The molecule has 1 unspecified atom stereocenters. The number of carbonyl (C=O) groups is 1. The van der Waals surface area contributed by atoms with Crippen LogP contribution in [-0.4, -0.2) is 87.6 Å². The second-order valence-electron chi connectivity index (χ2n) is 9.78. The molecule has 2 aliphatic heterocycles. The van der Waals surface area contributed by atoms with Crippen LogP contribution in [0, 0.1) is 12.7 Å². The molecule has 2 fully saturated rings. The zero-order valence-corrected chi connectivity index (χ0v) is 23.8. The molecular weight excluding hydrogens is 543 g/mol. The molecule has 39 heavy (non-hydrogen) atoms. The highest BCUT2D eigenvalue weighted by molar-refractivity contribution is 7.89. The maximum atomic E-state index is 14.1. The topological polar surface area (TPSA) is 92.3 Å². The van der Waals surface area contributed by atoms with E-state index in [2.05, 4.69) is 4.90 Å². The van der Waals surface area contributed by atoms with Crippen LogP contribution in [-0.2, 0) is 19.6 Å². The van der Waals surface area contributed by atoms with Crippen molar-refractivity contribution in [3.63, 3.8) is 0 Å². The fraction of sp³-hybridized carbons (Fsp3) is 0.481. The van der Waals surface area contributed by atoms with E-state index in [1.807, 2.05) is 19.1 Å². The minimum atomic E-state index is -3.98. The van der Waals surface area contributed by atoms with Crippen molar-refractivity contribution in [1.29, 1.82) is 0 Å². The summed E-state index contributed by atoms with van der Waals surface area (Å²) in [6.07, 6.45) is 1.67. The summed E-state index contributed by atoms with van der Waals surface area (Å²) in [5.74, 6) is -0.188. The van der Waals surface area contributed by atoms with Crippen molar-refractivity contribution < 1.29 is 27.1 Å². The van der Waals surface area contributed by atoms with Gasteiger partial charge >= 0.3 is 0 Å². The summed E-state index contributed by atoms with van der Waals surface area (Å²) in [6.45, 7) is 6.49. The summed E-state index contributed by atoms with van der Waals surface area (Å²) >= 11 is 1.41. The van der Waals surface area contributed by atoms with Gasteiger partial charge < -0.3 is 9.47 Å². The normalized spacial score (nSPS) is 19.0. The van der Waals surface area contributed by atoms with Crippen LogP contribution < -0.4 is 9.64 Å². The minimum absolute atomic E-state index is 0.0252. The molecule has 0 radical (unpaired) electrons. The predicted octanol–water partition coefficient (Wildman–Crippen LogP) is 3.66. The molecule has 12 heteroatoms. The van der Waals surface area contributed by atoms with Gasteiger partial charge in [-0.2, -0.15) is 4.31 Å². The van der Waals surface area contributed by atoms with Crippen LogP contribution in [0.2, 0.25) is 0 Å². The Kier molecular flexibility index (Phi) is 8.48. The number of nitrogens with zero attached hydrogens (tertiary/aromatic N) is 4. The van der Waals surface area contributed by atoms with E-state index in [0.29, 0.717) is 55.4 Å². The molecule has 1 amide bonds. The quantitative estimate of drug-likeness (QED) is 0.384. The fourth-order valence-corrected chi connectivity index (χ4v) is 7.89. The number of hydrogen-bond donors (Lipinski definition) is 0. The Hall–Kier alpha value is -2.64. The predicted molar refractivity (Wildman–Crippen MR) is 148 cm³/mol. The van der Waals surface area contributed by atoms with Gasteiger partial charge in [0.1, 0.15) is 23.1 Å². The third-order valence-corrected chi connectivity index (χ3v) is 10.4.